The first-order valence-electron chi connectivity index (χ1n) is 9.41. The van der Waals surface area contributed by atoms with Crippen LogP contribution in [0, 0.1) is 17.5 Å². The van der Waals surface area contributed by atoms with Crippen LogP contribution in [0.3, 0.4) is 0 Å². The molecule has 2 heterocycles. The fourth-order valence-corrected chi connectivity index (χ4v) is 3.49. The number of aromatic nitrogens is 3. The van der Waals surface area contributed by atoms with Crippen molar-refractivity contribution in [2.45, 2.75) is 25.9 Å². The molecule has 2 aromatic heterocycles. The minimum atomic E-state index is -4.91. The van der Waals surface area contributed by atoms with E-state index in [9.17, 15) is 31.4 Å². The van der Waals surface area contributed by atoms with Crippen LogP contribution in [0.4, 0.5) is 26.3 Å². The van der Waals surface area contributed by atoms with Crippen molar-refractivity contribution in [2.24, 2.45) is 0 Å². The maximum atomic E-state index is 14.7. The standard InChI is InChI=1S/C22H15F6N3O/c1-10(2)21-20(19-15(24)6-12(32)7-16(19)25)18-8-17(29-9-31(18)30-21)11-3-4-14(23)13(5-11)22(26,27)28/h3-10,32H,1-2H3. The molecule has 4 aromatic rings. The summed E-state index contributed by atoms with van der Waals surface area (Å²) in [7, 11) is 0. The van der Waals surface area contributed by atoms with Gasteiger partial charge in [-0.25, -0.2) is 22.7 Å². The van der Waals surface area contributed by atoms with Gasteiger partial charge >= 0.3 is 6.18 Å². The smallest absolute Gasteiger partial charge is 0.419 e. The molecule has 0 saturated carbocycles. The summed E-state index contributed by atoms with van der Waals surface area (Å²) < 4.78 is 83.6. The molecule has 4 nitrogen and oxygen atoms in total. The monoisotopic (exact) mass is 451 g/mol. The van der Waals surface area contributed by atoms with Gasteiger partial charge < -0.3 is 5.11 Å². The lowest BCUT2D eigenvalue weighted by molar-refractivity contribution is -0.139. The molecule has 10 heteroatoms. The zero-order valence-electron chi connectivity index (χ0n) is 16.7. The van der Waals surface area contributed by atoms with Gasteiger partial charge in [0.2, 0.25) is 0 Å². The summed E-state index contributed by atoms with van der Waals surface area (Å²) in [6.45, 7) is 3.51. The Hall–Kier alpha value is -3.56. The van der Waals surface area contributed by atoms with E-state index < -0.39 is 40.5 Å². The van der Waals surface area contributed by atoms with Crippen LogP contribution in [-0.2, 0) is 6.18 Å². The van der Waals surface area contributed by atoms with Crippen LogP contribution in [0.1, 0.15) is 31.0 Å². The molecule has 0 atom stereocenters. The van der Waals surface area contributed by atoms with Gasteiger partial charge in [0.1, 0.15) is 29.5 Å². The number of fused-ring (bicyclic) bond motifs is 1. The maximum absolute atomic E-state index is 14.7. The zero-order chi connectivity index (χ0) is 23.4. The minimum absolute atomic E-state index is 0.0269. The van der Waals surface area contributed by atoms with Gasteiger partial charge in [-0.2, -0.15) is 18.3 Å². The zero-order valence-corrected chi connectivity index (χ0v) is 16.7. The van der Waals surface area contributed by atoms with Gasteiger partial charge in [0.15, 0.2) is 0 Å². The fraction of sp³-hybridized carbons (Fsp3) is 0.182. The SMILES string of the molecule is CC(C)c1nn2cnc(-c3ccc(F)c(C(F)(F)F)c3)cc2c1-c1c(F)cc(O)cc1F. The van der Waals surface area contributed by atoms with Crippen molar-refractivity contribution in [3.8, 4) is 28.1 Å². The predicted molar refractivity (Wildman–Crippen MR) is 104 cm³/mol. The quantitative estimate of drug-likeness (QED) is 0.371. The first-order chi connectivity index (χ1) is 15.0. The number of benzene rings is 2. The number of aromatic hydroxyl groups is 1. The Morgan fingerprint density at radius 3 is 2.16 bits per heavy atom. The van der Waals surface area contributed by atoms with Crippen LogP contribution < -0.4 is 0 Å². The summed E-state index contributed by atoms with van der Waals surface area (Å²) in [5, 5.41) is 13.8. The van der Waals surface area contributed by atoms with Crippen molar-refractivity contribution in [3.05, 3.63) is 71.4 Å². The second kappa shape index (κ2) is 7.54. The molecule has 1 N–H and O–H groups in total. The lowest BCUT2D eigenvalue weighted by Crippen LogP contribution is -2.08. The first kappa shape index (κ1) is 21.7. The van der Waals surface area contributed by atoms with Gasteiger partial charge in [-0.1, -0.05) is 13.8 Å². The average molecular weight is 451 g/mol. The highest BCUT2D eigenvalue weighted by Gasteiger charge is 2.34. The molecule has 2 aromatic carbocycles. The largest absolute Gasteiger partial charge is 0.508 e. The Labute approximate surface area is 177 Å². The molecule has 0 aliphatic heterocycles. The molecule has 0 saturated heterocycles. The van der Waals surface area contributed by atoms with Gasteiger partial charge in [-0.3, -0.25) is 0 Å². The molecular weight excluding hydrogens is 436 g/mol. The number of rotatable bonds is 3. The van der Waals surface area contributed by atoms with E-state index >= 15 is 0 Å². The summed E-state index contributed by atoms with van der Waals surface area (Å²) in [6.07, 6.45) is -3.71. The topological polar surface area (TPSA) is 50.4 Å². The number of nitrogens with zero attached hydrogens (tertiary/aromatic N) is 3. The number of hydrogen-bond donors (Lipinski definition) is 1. The van der Waals surface area contributed by atoms with E-state index in [2.05, 4.69) is 10.1 Å². The Morgan fingerprint density at radius 2 is 1.56 bits per heavy atom. The van der Waals surface area contributed by atoms with Crippen LogP contribution in [0.25, 0.3) is 27.9 Å². The van der Waals surface area contributed by atoms with Gasteiger partial charge in [0.25, 0.3) is 0 Å². The van der Waals surface area contributed by atoms with E-state index in [0.29, 0.717) is 17.8 Å². The summed E-state index contributed by atoms with van der Waals surface area (Å²) >= 11 is 0. The molecule has 0 aliphatic carbocycles. The van der Waals surface area contributed by atoms with Crippen molar-refractivity contribution in [1.82, 2.24) is 14.6 Å². The van der Waals surface area contributed by atoms with Gasteiger partial charge in [0.05, 0.1) is 28.0 Å². The molecule has 0 amide bonds. The second-order valence-corrected chi connectivity index (χ2v) is 7.50. The molecule has 0 unspecified atom stereocenters. The number of phenolic OH excluding ortho intramolecular Hbond substituents is 1. The summed E-state index contributed by atoms with van der Waals surface area (Å²) in [6, 6.07) is 5.26. The first-order valence-corrected chi connectivity index (χ1v) is 9.41. The van der Waals surface area contributed by atoms with Crippen molar-refractivity contribution in [2.75, 3.05) is 0 Å². The molecule has 4 rings (SSSR count). The van der Waals surface area contributed by atoms with E-state index in [1.54, 1.807) is 13.8 Å². The molecule has 0 fully saturated rings. The lowest BCUT2D eigenvalue weighted by Gasteiger charge is -2.11. The molecule has 0 radical (unpaired) electrons. The van der Waals surface area contributed by atoms with Crippen molar-refractivity contribution < 1.29 is 31.4 Å². The normalized spacial score (nSPS) is 12.2. The van der Waals surface area contributed by atoms with Crippen LogP contribution in [-0.4, -0.2) is 19.7 Å². The Morgan fingerprint density at radius 1 is 0.906 bits per heavy atom. The molecular formula is C22H15F6N3O. The second-order valence-electron chi connectivity index (χ2n) is 7.50. The van der Waals surface area contributed by atoms with Gasteiger partial charge in [-0.15, -0.1) is 0 Å². The van der Waals surface area contributed by atoms with Crippen LogP contribution in [0.2, 0.25) is 0 Å². The summed E-state index contributed by atoms with van der Waals surface area (Å²) in [5.41, 5.74) is -1.32. The third-order valence-corrected chi connectivity index (χ3v) is 4.95. The Bertz CT molecular complexity index is 1320. The number of hydrogen-bond acceptors (Lipinski definition) is 3. The maximum Gasteiger partial charge on any atom is 0.419 e. The van der Waals surface area contributed by atoms with Crippen LogP contribution in [0.5, 0.6) is 5.75 Å². The number of phenols is 1. The predicted octanol–water partition coefficient (Wildman–Crippen LogP) is 6.33. The van der Waals surface area contributed by atoms with Gasteiger partial charge in [0, 0.05) is 23.3 Å². The van der Waals surface area contributed by atoms with E-state index in [4.69, 9.17) is 0 Å². The van der Waals surface area contributed by atoms with Crippen molar-refractivity contribution in [3.63, 3.8) is 0 Å². The lowest BCUT2D eigenvalue weighted by atomic mass is 9.96. The third kappa shape index (κ3) is 3.65. The molecule has 166 valence electrons. The molecule has 0 aliphatic rings. The Balaban J connectivity index is 1.99. The van der Waals surface area contributed by atoms with E-state index in [-0.39, 0.29) is 28.3 Å². The molecule has 32 heavy (non-hydrogen) atoms. The van der Waals surface area contributed by atoms with Crippen LogP contribution >= 0.6 is 0 Å². The number of alkyl halides is 3. The Kier molecular flexibility index (Phi) is 5.10. The van der Waals surface area contributed by atoms with E-state index in [1.807, 2.05) is 0 Å². The average Bonchev–Trinajstić information content (AvgIpc) is 3.05. The fourth-order valence-electron chi connectivity index (χ4n) is 3.49. The molecule has 0 bridgehead atoms. The van der Waals surface area contributed by atoms with E-state index in [0.717, 1.165) is 18.2 Å². The third-order valence-electron chi connectivity index (χ3n) is 4.95. The molecule has 0 spiro atoms. The number of halogens is 6. The van der Waals surface area contributed by atoms with Gasteiger partial charge in [-0.05, 0) is 30.2 Å². The van der Waals surface area contributed by atoms with Crippen molar-refractivity contribution >= 4 is 5.52 Å². The highest BCUT2D eigenvalue weighted by molar-refractivity contribution is 5.85. The summed E-state index contributed by atoms with van der Waals surface area (Å²) in [4.78, 5) is 4.08. The highest BCUT2D eigenvalue weighted by atomic mass is 19.4. The highest BCUT2D eigenvalue weighted by Crippen LogP contribution is 2.39. The minimum Gasteiger partial charge on any atom is -0.508 e. The van der Waals surface area contributed by atoms with Crippen LogP contribution in [0.15, 0.2) is 42.7 Å². The van der Waals surface area contributed by atoms with Crippen molar-refractivity contribution in [1.29, 1.82) is 0 Å². The summed E-state index contributed by atoms with van der Waals surface area (Å²) in [5.74, 6) is -4.36. The van der Waals surface area contributed by atoms with E-state index in [1.165, 1.54) is 16.9 Å².